The maximum absolute atomic E-state index is 5.45. The Morgan fingerprint density at radius 1 is 0.472 bits per heavy atom. The Labute approximate surface area is 225 Å². The van der Waals surface area contributed by atoms with Crippen molar-refractivity contribution in [3.8, 4) is 0 Å². The lowest BCUT2D eigenvalue weighted by Crippen LogP contribution is -2.56. The first-order valence-corrected chi connectivity index (χ1v) is 27.1. The van der Waals surface area contributed by atoms with Gasteiger partial charge in [-0.15, -0.1) is 0 Å². The molecule has 0 saturated carbocycles. The summed E-state index contributed by atoms with van der Waals surface area (Å²) in [4.78, 5) is 0. The molecule has 0 aliphatic rings. The van der Waals surface area contributed by atoms with E-state index in [4.69, 9.17) is 10.2 Å². The van der Waals surface area contributed by atoms with Gasteiger partial charge in [-0.05, 0) is 24.0 Å². The third kappa shape index (κ3) is 8.97. The van der Waals surface area contributed by atoms with E-state index in [0.29, 0.717) is 0 Å². The molecule has 0 amide bonds. The van der Waals surface area contributed by atoms with E-state index in [1.807, 2.05) is 0 Å². The summed E-state index contributed by atoms with van der Waals surface area (Å²) in [5.41, 5.74) is 4.80. The molecular weight excluding hydrogens is 505 g/mol. The summed E-state index contributed by atoms with van der Waals surface area (Å²) in [5, 5.41) is 10.9. The third-order valence-electron chi connectivity index (χ3n) is 5.80. The molecule has 0 heterocycles. The van der Waals surface area contributed by atoms with Crippen LogP contribution in [0, 0.1) is 0 Å². The molecule has 0 aliphatic carbocycles. The lowest BCUT2D eigenvalue weighted by molar-refractivity contribution is 0.658. The predicted octanol–water partition coefficient (Wildman–Crippen LogP) is 8.52. The molecule has 2 rings (SSSR count). The van der Waals surface area contributed by atoms with Crippen LogP contribution < -0.4 is 0 Å². The van der Waals surface area contributed by atoms with E-state index in [0.717, 1.165) is 12.8 Å². The maximum Gasteiger partial charge on any atom is 0.158 e. The summed E-state index contributed by atoms with van der Waals surface area (Å²) >= 11 is 0. The average molecular weight is 555 g/mol. The first-order chi connectivity index (χ1) is 16.4. The molecule has 4 nitrogen and oxygen atoms in total. The van der Waals surface area contributed by atoms with Gasteiger partial charge in [-0.1, -0.05) is 139 Å². The predicted molar refractivity (Wildman–Crippen MR) is 172 cm³/mol. The van der Waals surface area contributed by atoms with E-state index < -0.39 is 32.9 Å². The molecule has 0 saturated heterocycles. The summed E-state index contributed by atoms with van der Waals surface area (Å²) < 4.78 is 5.08. The van der Waals surface area contributed by atoms with Gasteiger partial charge in [-0.3, -0.25) is 0 Å². The molecule has 0 unspecified atom stereocenters. The second-order valence-corrected chi connectivity index (χ2v) is 33.6. The monoisotopic (exact) mass is 554 g/mol. The maximum atomic E-state index is 5.45. The summed E-state index contributed by atoms with van der Waals surface area (Å²) in [7, 11) is -6.53. The highest BCUT2D eigenvalue weighted by Gasteiger charge is 2.35. The van der Waals surface area contributed by atoms with Crippen molar-refractivity contribution >= 4 is 44.4 Å². The van der Waals surface area contributed by atoms with Crippen LogP contribution in [0.3, 0.4) is 0 Å². The summed E-state index contributed by atoms with van der Waals surface area (Å²) in [6.07, 6.45) is 1.74. The zero-order valence-corrected chi connectivity index (χ0v) is 29.0. The second kappa shape index (κ2) is 11.7. The molecule has 2 aromatic rings. The van der Waals surface area contributed by atoms with Crippen molar-refractivity contribution in [3.63, 3.8) is 0 Å². The van der Waals surface area contributed by atoms with Crippen LogP contribution in [0.15, 0.2) is 70.9 Å². The molecule has 0 N–H and O–H groups in total. The van der Waals surface area contributed by atoms with Crippen molar-refractivity contribution in [3.05, 3.63) is 71.8 Å². The largest absolute Gasteiger partial charge is 0.350 e. The molecule has 2 aromatic carbocycles. The quantitative estimate of drug-likeness (QED) is 0.158. The standard InChI is InChI=1S/C28H50N4Si4/c1-33(2,3)31(34(4,5)6)29-27(25-19-15-13-16-20-25)23-24-28(26-21-17-14-18-22-26)30-32(35(7,8)9)36(10,11)12/h13-22H,23-24H2,1-12H3. The van der Waals surface area contributed by atoms with Crippen LogP contribution in [0.25, 0.3) is 0 Å². The van der Waals surface area contributed by atoms with E-state index in [1.165, 1.54) is 22.6 Å². The van der Waals surface area contributed by atoms with Crippen LogP contribution in [0.1, 0.15) is 24.0 Å². The number of nitrogens with zero attached hydrogens (tertiary/aromatic N) is 4. The Balaban J connectivity index is 2.59. The third-order valence-corrected chi connectivity index (χ3v) is 19.3. The highest BCUT2D eigenvalue weighted by atomic mass is 28.4. The molecule has 0 aromatic heterocycles. The molecule has 8 heteroatoms. The van der Waals surface area contributed by atoms with Gasteiger partial charge in [0, 0.05) is 0 Å². The van der Waals surface area contributed by atoms with Gasteiger partial charge in [0.1, 0.15) is 0 Å². The van der Waals surface area contributed by atoms with Crippen LogP contribution in [0.4, 0.5) is 0 Å². The van der Waals surface area contributed by atoms with Gasteiger partial charge in [0.2, 0.25) is 0 Å². The minimum Gasteiger partial charge on any atom is -0.350 e. The Bertz CT molecular complexity index is 912. The first-order valence-electron chi connectivity index (χ1n) is 13.3. The van der Waals surface area contributed by atoms with E-state index in [9.17, 15) is 0 Å². The minimum atomic E-state index is -1.63. The van der Waals surface area contributed by atoms with Gasteiger partial charge in [-0.2, -0.15) is 10.2 Å². The van der Waals surface area contributed by atoms with Crippen LogP contribution >= 0.6 is 0 Å². The Kier molecular flexibility index (Phi) is 9.94. The van der Waals surface area contributed by atoms with Gasteiger partial charge < -0.3 is 8.68 Å². The van der Waals surface area contributed by atoms with E-state index in [-0.39, 0.29) is 0 Å². The van der Waals surface area contributed by atoms with E-state index in [1.54, 1.807) is 0 Å². The summed E-state index contributed by atoms with van der Waals surface area (Å²) in [6.45, 7) is 28.9. The van der Waals surface area contributed by atoms with Crippen LogP contribution in [0.5, 0.6) is 0 Å². The Morgan fingerprint density at radius 3 is 0.944 bits per heavy atom. The molecule has 0 radical (unpaired) electrons. The fraction of sp³-hybridized carbons (Fsp3) is 0.500. The average Bonchev–Trinajstić information content (AvgIpc) is 2.73. The zero-order valence-electron chi connectivity index (χ0n) is 25.0. The molecular formula is C28H50N4Si4. The van der Waals surface area contributed by atoms with Gasteiger partial charge in [0.25, 0.3) is 0 Å². The van der Waals surface area contributed by atoms with Gasteiger partial charge in [-0.25, -0.2) is 0 Å². The van der Waals surface area contributed by atoms with E-state index >= 15 is 0 Å². The molecule has 0 fully saturated rings. The van der Waals surface area contributed by atoms with Crippen LogP contribution in [-0.4, -0.2) is 53.0 Å². The van der Waals surface area contributed by atoms with E-state index in [2.05, 4.69) is 148 Å². The van der Waals surface area contributed by atoms with Crippen molar-refractivity contribution in [2.75, 3.05) is 0 Å². The normalized spacial score (nSPS) is 14.1. The van der Waals surface area contributed by atoms with Gasteiger partial charge in [0.15, 0.2) is 32.9 Å². The highest BCUT2D eigenvalue weighted by molar-refractivity contribution is 6.90. The molecule has 0 atom stereocenters. The van der Waals surface area contributed by atoms with Crippen molar-refractivity contribution in [1.29, 1.82) is 0 Å². The lowest BCUT2D eigenvalue weighted by Gasteiger charge is -2.42. The smallest absolute Gasteiger partial charge is 0.158 e. The Hall–Kier alpha value is -1.75. The van der Waals surface area contributed by atoms with Gasteiger partial charge in [0.05, 0.1) is 11.4 Å². The lowest BCUT2D eigenvalue weighted by atomic mass is 10.0. The fourth-order valence-electron chi connectivity index (χ4n) is 4.86. The van der Waals surface area contributed by atoms with Crippen molar-refractivity contribution in [2.45, 2.75) is 91.4 Å². The van der Waals surface area contributed by atoms with Crippen molar-refractivity contribution < 1.29 is 0 Å². The first kappa shape index (κ1) is 30.5. The zero-order chi connectivity index (χ0) is 27.4. The topological polar surface area (TPSA) is 31.2 Å². The second-order valence-electron chi connectivity index (χ2n) is 13.6. The molecule has 0 aliphatic heterocycles. The molecule has 0 spiro atoms. The SMILES string of the molecule is C[Si](C)(C)N(N=C(CCC(=NN([Si](C)(C)C)[Si](C)(C)C)c1ccccc1)c1ccccc1)[Si](C)(C)C. The molecule has 36 heavy (non-hydrogen) atoms. The number of benzene rings is 2. The Morgan fingerprint density at radius 2 is 0.722 bits per heavy atom. The van der Waals surface area contributed by atoms with Crippen LogP contribution in [0.2, 0.25) is 78.6 Å². The number of hydrogen-bond donors (Lipinski definition) is 0. The summed E-state index contributed by atoms with van der Waals surface area (Å²) in [5.74, 6) is 0. The number of rotatable bonds is 11. The van der Waals surface area contributed by atoms with Crippen LogP contribution in [-0.2, 0) is 0 Å². The fourth-order valence-corrected chi connectivity index (χ4v) is 22.6. The number of hydrazone groups is 2. The number of hydrogen-bond acceptors (Lipinski definition) is 4. The molecule has 0 bridgehead atoms. The highest BCUT2D eigenvalue weighted by Crippen LogP contribution is 2.24. The van der Waals surface area contributed by atoms with Crippen molar-refractivity contribution in [2.24, 2.45) is 10.2 Å². The molecule has 198 valence electrons. The van der Waals surface area contributed by atoms with Gasteiger partial charge >= 0.3 is 0 Å². The van der Waals surface area contributed by atoms with Crippen molar-refractivity contribution in [1.82, 2.24) is 8.68 Å². The minimum absolute atomic E-state index is 0.869. The summed E-state index contributed by atoms with van der Waals surface area (Å²) in [6, 6.07) is 21.5.